The van der Waals surface area contributed by atoms with Crippen LogP contribution in [0.5, 0.6) is 0 Å². The Morgan fingerprint density at radius 3 is 2.50 bits per heavy atom. The van der Waals surface area contributed by atoms with Gasteiger partial charge in [-0.25, -0.2) is 0 Å². The summed E-state index contributed by atoms with van der Waals surface area (Å²) in [7, 11) is 1.82. The van der Waals surface area contributed by atoms with E-state index in [0.717, 1.165) is 11.3 Å². The average molecular weight is 218 g/mol. The molecule has 0 saturated heterocycles. The molecule has 86 valence electrons. The summed E-state index contributed by atoms with van der Waals surface area (Å²) >= 11 is 0. The molecule has 1 aliphatic heterocycles. The third-order valence-corrected chi connectivity index (χ3v) is 2.76. The number of nitrogens with one attached hydrogen (secondary N) is 1. The van der Waals surface area contributed by atoms with E-state index in [1.165, 1.54) is 0 Å². The summed E-state index contributed by atoms with van der Waals surface area (Å²) < 4.78 is 0. The minimum atomic E-state index is -0.207. The molecule has 1 aliphatic rings. The number of anilines is 1. The van der Waals surface area contributed by atoms with Gasteiger partial charge in [-0.1, -0.05) is 18.2 Å². The standard InChI is InChI=1S/C13H18N2O/c1-13(2,3)14-11-9-7-5-6-8-10(9)15(4)12(11)16/h5-8,11,14H,1-4H3. The highest BCUT2D eigenvalue weighted by atomic mass is 16.2. The third-order valence-electron chi connectivity index (χ3n) is 2.76. The van der Waals surface area contributed by atoms with E-state index in [2.05, 4.69) is 26.1 Å². The van der Waals surface area contributed by atoms with Gasteiger partial charge in [0.25, 0.3) is 0 Å². The van der Waals surface area contributed by atoms with Crippen LogP contribution >= 0.6 is 0 Å². The van der Waals surface area contributed by atoms with Crippen molar-refractivity contribution in [3.63, 3.8) is 0 Å². The Bertz CT molecular complexity index is 420. The Hall–Kier alpha value is -1.35. The van der Waals surface area contributed by atoms with Crippen LogP contribution in [-0.4, -0.2) is 18.5 Å². The fraction of sp³-hybridized carbons (Fsp3) is 0.462. The zero-order valence-corrected chi connectivity index (χ0v) is 10.2. The van der Waals surface area contributed by atoms with Crippen molar-refractivity contribution in [2.45, 2.75) is 32.4 Å². The zero-order valence-electron chi connectivity index (χ0n) is 10.2. The second-order valence-electron chi connectivity index (χ2n) is 5.28. The zero-order chi connectivity index (χ0) is 11.9. The number of hydrogen-bond donors (Lipinski definition) is 1. The van der Waals surface area contributed by atoms with Gasteiger partial charge in [-0.2, -0.15) is 0 Å². The highest BCUT2D eigenvalue weighted by Gasteiger charge is 2.36. The number of carbonyl (C=O) groups is 1. The van der Waals surface area contributed by atoms with Crippen molar-refractivity contribution in [1.82, 2.24) is 5.32 Å². The van der Waals surface area contributed by atoms with E-state index in [1.54, 1.807) is 4.90 Å². The van der Waals surface area contributed by atoms with E-state index >= 15 is 0 Å². The van der Waals surface area contributed by atoms with Crippen molar-refractivity contribution in [3.05, 3.63) is 29.8 Å². The predicted molar refractivity (Wildman–Crippen MR) is 65.5 cm³/mol. The molecular weight excluding hydrogens is 200 g/mol. The topological polar surface area (TPSA) is 32.3 Å². The molecule has 0 spiro atoms. The predicted octanol–water partition coefficient (Wildman–Crippen LogP) is 2.09. The van der Waals surface area contributed by atoms with Crippen molar-refractivity contribution in [2.75, 3.05) is 11.9 Å². The summed E-state index contributed by atoms with van der Waals surface area (Å²) in [5, 5.41) is 3.36. The Kier molecular flexibility index (Phi) is 2.50. The van der Waals surface area contributed by atoms with E-state index in [4.69, 9.17) is 0 Å². The van der Waals surface area contributed by atoms with E-state index in [0.29, 0.717) is 0 Å². The number of nitrogens with zero attached hydrogens (tertiary/aromatic N) is 1. The van der Waals surface area contributed by atoms with Crippen LogP contribution in [0.4, 0.5) is 5.69 Å². The van der Waals surface area contributed by atoms with Crippen LogP contribution in [0.1, 0.15) is 32.4 Å². The highest BCUT2D eigenvalue weighted by molar-refractivity contribution is 6.04. The first-order chi connectivity index (χ1) is 7.40. The van der Waals surface area contributed by atoms with E-state index < -0.39 is 0 Å². The summed E-state index contributed by atoms with van der Waals surface area (Å²) in [5.41, 5.74) is 2.01. The molecule has 0 fully saturated rings. The molecule has 1 aromatic rings. The van der Waals surface area contributed by atoms with Crippen LogP contribution in [0, 0.1) is 0 Å². The molecule has 0 saturated carbocycles. The van der Waals surface area contributed by atoms with Crippen LogP contribution in [0.25, 0.3) is 0 Å². The Morgan fingerprint density at radius 2 is 1.88 bits per heavy atom. The molecule has 1 heterocycles. The summed E-state index contributed by atoms with van der Waals surface area (Å²) in [4.78, 5) is 13.8. The van der Waals surface area contributed by atoms with Gasteiger partial charge in [0.05, 0.1) is 0 Å². The fourth-order valence-electron chi connectivity index (χ4n) is 2.05. The quantitative estimate of drug-likeness (QED) is 0.783. The van der Waals surface area contributed by atoms with Gasteiger partial charge in [-0.05, 0) is 26.8 Å². The van der Waals surface area contributed by atoms with Crippen molar-refractivity contribution >= 4 is 11.6 Å². The molecule has 0 aliphatic carbocycles. The first-order valence-corrected chi connectivity index (χ1v) is 5.54. The number of amides is 1. The summed E-state index contributed by atoms with van der Waals surface area (Å²) in [6, 6.07) is 7.73. The maximum Gasteiger partial charge on any atom is 0.248 e. The number of benzene rings is 1. The maximum absolute atomic E-state index is 12.1. The first kappa shape index (κ1) is 11.1. The van der Waals surface area contributed by atoms with Gasteiger partial charge >= 0.3 is 0 Å². The van der Waals surface area contributed by atoms with Crippen LogP contribution < -0.4 is 10.2 Å². The van der Waals surface area contributed by atoms with Crippen LogP contribution in [0.3, 0.4) is 0 Å². The highest BCUT2D eigenvalue weighted by Crippen LogP contribution is 2.35. The molecule has 3 heteroatoms. The lowest BCUT2D eigenvalue weighted by molar-refractivity contribution is -0.120. The summed E-state index contributed by atoms with van der Waals surface area (Å²) in [6.07, 6.45) is 0. The third kappa shape index (κ3) is 1.83. The van der Waals surface area contributed by atoms with Gasteiger partial charge in [0, 0.05) is 23.8 Å². The monoisotopic (exact) mass is 218 g/mol. The van der Waals surface area contributed by atoms with Crippen LogP contribution in [-0.2, 0) is 4.79 Å². The number of fused-ring (bicyclic) bond motifs is 1. The summed E-state index contributed by atoms with van der Waals surface area (Å²) in [6.45, 7) is 6.21. The molecule has 16 heavy (non-hydrogen) atoms. The molecule has 1 N–H and O–H groups in total. The number of likely N-dealkylation sites (N-methyl/N-ethyl adjacent to an activating group) is 1. The normalized spacial score (nSPS) is 20.1. The van der Waals surface area contributed by atoms with Gasteiger partial charge in [0.2, 0.25) is 5.91 Å². The van der Waals surface area contributed by atoms with E-state index in [9.17, 15) is 4.79 Å². The van der Waals surface area contributed by atoms with Crippen molar-refractivity contribution in [1.29, 1.82) is 0 Å². The number of carbonyl (C=O) groups excluding carboxylic acids is 1. The lowest BCUT2D eigenvalue weighted by Gasteiger charge is -2.25. The minimum absolute atomic E-state index is 0.0708. The van der Waals surface area contributed by atoms with Gasteiger partial charge in [0.15, 0.2) is 0 Å². The van der Waals surface area contributed by atoms with Gasteiger partial charge < -0.3 is 4.90 Å². The Balaban J connectivity index is 2.38. The average Bonchev–Trinajstić information content (AvgIpc) is 2.43. The second kappa shape index (κ2) is 3.59. The molecule has 0 aromatic heterocycles. The minimum Gasteiger partial charge on any atom is -0.313 e. The molecule has 2 rings (SSSR count). The van der Waals surface area contributed by atoms with Gasteiger partial charge in [-0.3, -0.25) is 10.1 Å². The van der Waals surface area contributed by atoms with Crippen molar-refractivity contribution < 1.29 is 4.79 Å². The first-order valence-electron chi connectivity index (χ1n) is 5.54. The molecular formula is C13H18N2O. The van der Waals surface area contributed by atoms with Gasteiger partial charge in [-0.15, -0.1) is 0 Å². The lowest BCUT2D eigenvalue weighted by Crippen LogP contribution is -2.42. The number of para-hydroxylation sites is 1. The Morgan fingerprint density at radius 1 is 1.25 bits per heavy atom. The smallest absolute Gasteiger partial charge is 0.248 e. The SMILES string of the molecule is CN1C(=O)C(NC(C)(C)C)c2ccccc21. The van der Waals surface area contributed by atoms with E-state index in [-0.39, 0.29) is 17.5 Å². The van der Waals surface area contributed by atoms with Crippen molar-refractivity contribution in [2.24, 2.45) is 0 Å². The molecule has 0 bridgehead atoms. The van der Waals surface area contributed by atoms with Crippen LogP contribution in [0.2, 0.25) is 0 Å². The lowest BCUT2D eigenvalue weighted by atomic mass is 10.0. The molecule has 1 atom stereocenters. The fourth-order valence-corrected chi connectivity index (χ4v) is 2.05. The molecule has 1 aromatic carbocycles. The van der Waals surface area contributed by atoms with E-state index in [1.807, 2.05) is 31.3 Å². The molecule has 1 amide bonds. The number of rotatable bonds is 1. The number of hydrogen-bond acceptors (Lipinski definition) is 2. The molecule has 0 radical (unpaired) electrons. The maximum atomic E-state index is 12.1. The van der Waals surface area contributed by atoms with Crippen molar-refractivity contribution in [3.8, 4) is 0 Å². The molecule has 1 unspecified atom stereocenters. The van der Waals surface area contributed by atoms with Crippen LogP contribution in [0.15, 0.2) is 24.3 Å². The van der Waals surface area contributed by atoms with Gasteiger partial charge in [0.1, 0.15) is 6.04 Å². The largest absolute Gasteiger partial charge is 0.313 e. The second-order valence-corrected chi connectivity index (χ2v) is 5.28. The Labute approximate surface area is 96.5 Å². The molecule has 3 nitrogen and oxygen atoms in total. The summed E-state index contributed by atoms with van der Waals surface area (Å²) in [5.74, 6) is 0.121.